The molecule has 28 heavy (non-hydrogen) atoms. The lowest BCUT2D eigenvalue weighted by Gasteiger charge is -2.10. The number of rotatable bonds is 8. The third kappa shape index (κ3) is 5.24. The zero-order valence-corrected chi connectivity index (χ0v) is 17.2. The van der Waals surface area contributed by atoms with Crippen LogP contribution in [0, 0.1) is 25.2 Å². The van der Waals surface area contributed by atoms with Crippen molar-refractivity contribution in [2.24, 2.45) is 0 Å². The monoisotopic (exact) mass is 380 g/mol. The Morgan fingerprint density at radius 3 is 2.54 bits per heavy atom. The molecule has 0 atom stereocenters. The second-order valence-electron chi connectivity index (χ2n) is 6.94. The maximum atomic E-state index is 12.3. The van der Waals surface area contributed by atoms with E-state index in [1.807, 2.05) is 64.3 Å². The summed E-state index contributed by atoms with van der Waals surface area (Å²) >= 11 is 0. The highest BCUT2D eigenvalue weighted by Gasteiger charge is 2.13. The number of amides is 1. The van der Waals surface area contributed by atoms with Gasteiger partial charge in [0.15, 0.2) is 0 Å². The standard InChI is InChI=1S/C22H28N4O2/c1-16-13-18(14-19(15-23)22(27)24-11-6-12-25(3)4)17(2)26(16)20-7-9-21(28-5)10-8-20/h7-10,13-14H,6,11-12H2,1-5H3,(H,24,27)/b19-14-. The molecule has 1 N–H and O–H groups in total. The number of nitrogens with zero attached hydrogens (tertiary/aromatic N) is 3. The van der Waals surface area contributed by atoms with E-state index in [2.05, 4.69) is 14.8 Å². The number of carbonyl (C=O) groups is 1. The molecule has 0 aliphatic rings. The fourth-order valence-electron chi connectivity index (χ4n) is 3.06. The van der Waals surface area contributed by atoms with Crippen LogP contribution in [0.25, 0.3) is 11.8 Å². The second-order valence-corrected chi connectivity index (χ2v) is 6.94. The normalized spacial score (nSPS) is 11.4. The molecule has 0 unspecified atom stereocenters. The summed E-state index contributed by atoms with van der Waals surface area (Å²) in [5.41, 5.74) is 3.96. The van der Waals surface area contributed by atoms with Gasteiger partial charge in [0, 0.05) is 23.6 Å². The first-order chi connectivity index (χ1) is 13.4. The Morgan fingerprint density at radius 2 is 1.96 bits per heavy atom. The van der Waals surface area contributed by atoms with Gasteiger partial charge >= 0.3 is 0 Å². The number of hydrogen-bond donors (Lipinski definition) is 1. The van der Waals surface area contributed by atoms with Gasteiger partial charge in [-0.3, -0.25) is 4.79 Å². The maximum absolute atomic E-state index is 12.3. The summed E-state index contributed by atoms with van der Waals surface area (Å²) in [6.07, 6.45) is 2.49. The van der Waals surface area contributed by atoms with Crippen LogP contribution in [0.1, 0.15) is 23.4 Å². The molecule has 148 valence electrons. The van der Waals surface area contributed by atoms with Crippen molar-refractivity contribution in [2.45, 2.75) is 20.3 Å². The van der Waals surface area contributed by atoms with E-state index >= 15 is 0 Å². The molecule has 1 aromatic heterocycles. The molecule has 0 aliphatic heterocycles. The minimum atomic E-state index is -0.337. The Balaban J connectivity index is 2.22. The van der Waals surface area contributed by atoms with E-state index in [1.165, 1.54) is 0 Å². The molecule has 0 saturated heterocycles. The number of ether oxygens (including phenoxy) is 1. The Bertz CT molecular complexity index is 886. The van der Waals surface area contributed by atoms with Gasteiger partial charge in [-0.15, -0.1) is 0 Å². The highest BCUT2D eigenvalue weighted by molar-refractivity contribution is 6.01. The molecule has 0 aliphatic carbocycles. The lowest BCUT2D eigenvalue weighted by Crippen LogP contribution is -2.27. The maximum Gasteiger partial charge on any atom is 0.261 e. The number of benzene rings is 1. The predicted octanol–water partition coefficient (Wildman–Crippen LogP) is 3.08. The number of nitrogens with one attached hydrogen (secondary N) is 1. The van der Waals surface area contributed by atoms with Crippen LogP contribution in [0.4, 0.5) is 0 Å². The van der Waals surface area contributed by atoms with Crippen LogP contribution < -0.4 is 10.1 Å². The first-order valence-corrected chi connectivity index (χ1v) is 9.25. The Hall–Kier alpha value is -3.04. The van der Waals surface area contributed by atoms with Gasteiger partial charge in [-0.1, -0.05) is 0 Å². The zero-order chi connectivity index (χ0) is 20.7. The third-order valence-corrected chi connectivity index (χ3v) is 4.53. The third-order valence-electron chi connectivity index (χ3n) is 4.53. The van der Waals surface area contributed by atoms with Crippen LogP contribution in [0.2, 0.25) is 0 Å². The summed E-state index contributed by atoms with van der Waals surface area (Å²) in [5.74, 6) is 0.458. The van der Waals surface area contributed by atoms with Crippen molar-refractivity contribution in [3.63, 3.8) is 0 Å². The smallest absolute Gasteiger partial charge is 0.261 e. The molecule has 0 radical (unpaired) electrons. The minimum absolute atomic E-state index is 0.111. The van der Waals surface area contributed by atoms with Gasteiger partial charge in [0.05, 0.1) is 7.11 Å². The van der Waals surface area contributed by atoms with E-state index in [-0.39, 0.29) is 11.5 Å². The first kappa shape index (κ1) is 21.3. The van der Waals surface area contributed by atoms with Gasteiger partial charge in [-0.25, -0.2) is 0 Å². The van der Waals surface area contributed by atoms with Crippen molar-refractivity contribution in [3.8, 4) is 17.5 Å². The van der Waals surface area contributed by atoms with E-state index < -0.39 is 0 Å². The van der Waals surface area contributed by atoms with Crippen molar-refractivity contribution >= 4 is 12.0 Å². The lowest BCUT2D eigenvalue weighted by atomic mass is 10.1. The molecule has 1 heterocycles. The molecule has 2 rings (SSSR count). The van der Waals surface area contributed by atoms with Crippen molar-refractivity contribution in [3.05, 3.63) is 52.9 Å². The van der Waals surface area contributed by atoms with Gasteiger partial charge in [0.1, 0.15) is 17.4 Å². The molecule has 2 aromatic rings. The van der Waals surface area contributed by atoms with Crippen LogP contribution in [0.3, 0.4) is 0 Å². The summed E-state index contributed by atoms with van der Waals surface area (Å²) in [4.78, 5) is 14.4. The van der Waals surface area contributed by atoms with Crippen molar-refractivity contribution < 1.29 is 9.53 Å². The largest absolute Gasteiger partial charge is 0.497 e. The number of methoxy groups -OCH3 is 1. The van der Waals surface area contributed by atoms with E-state index in [1.54, 1.807) is 13.2 Å². The zero-order valence-electron chi connectivity index (χ0n) is 17.2. The molecule has 0 bridgehead atoms. The van der Waals surface area contributed by atoms with Gasteiger partial charge in [-0.05, 0) is 82.9 Å². The predicted molar refractivity (Wildman–Crippen MR) is 112 cm³/mol. The van der Waals surface area contributed by atoms with Crippen molar-refractivity contribution in [2.75, 3.05) is 34.3 Å². The van der Waals surface area contributed by atoms with E-state index in [0.29, 0.717) is 6.54 Å². The van der Waals surface area contributed by atoms with Crippen LogP contribution in [0.5, 0.6) is 5.75 Å². The number of nitriles is 1. The molecule has 1 amide bonds. The number of aryl methyl sites for hydroxylation is 1. The average molecular weight is 380 g/mol. The van der Waals surface area contributed by atoms with Crippen molar-refractivity contribution in [1.82, 2.24) is 14.8 Å². The molecular weight excluding hydrogens is 352 g/mol. The van der Waals surface area contributed by atoms with Crippen molar-refractivity contribution in [1.29, 1.82) is 5.26 Å². The molecule has 6 nitrogen and oxygen atoms in total. The minimum Gasteiger partial charge on any atom is -0.497 e. The quantitative estimate of drug-likeness (QED) is 0.434. The highest BCUT2D eigenvalue weighted by atomic mass is 16.5. The SMILES string of the molecule is COc1ccc(-n2c(C)cc(/C=C(/C#N)C(=O)NCCCN(C)C)c2C)cc1. The van der Waals surface area contributed by atoms with Gasteiger partial charge in [-0.2, -0.15) is 5.26 Å². The van der Waals surface area contributed by atoms with Gasteiger partial charge in [0.2, 0.25) is 0 Å². The summed E-state index contributed by atoms with van der Waals surface area (Å²) < 4.78 is 7.31. The average Bonchev–Trinajstić information content (AvgIpc) is 2.96. The van der Waals surface area contributed by atoms with Gasteiger partial charge in [0.25, 0.3) is 5.91 Å². The molecule has 0 saturated carbocycles. The number of aromatic nitrogens is 1. The molecule has 1 aromatic carbocycles. The Morgan fingerprint density at radius 1 is 1.29 bits per heavy atom. The van der Waals surface area contributed by atoms with Crippen LogP contribution in [-0.4, -0.2) is 49.7 Å². The van der Waals surface area contributed by atoms with E-state index in [0.717, 1.165) is 41.4 Å². The fourth-order valence-corrected chi connectivity index (χ4v) is 3.06. The van der Waals surface area contributed by atoms with E-state index in [4.69, 9.17) is 4.74 Å². The van der Waals surface area contributed by atoms with Crippen LogP contribution in [0.15, 0.2) is 35.9 Å². The molecule has 0 spiro atoms. The molecular formula is C22H28N4O2. The summed E-state index contributed by atoms with van der Waals surface area (Å²) in [7, 11) is 5.61. The number of carbonyl (C=O) groups excluding carboxylic acids is 1. The molecule has 0 fully saturated rings. The van der Waals surface area contributed by atoms with Crippen LogP contribution in [-0.2, 0) is 4.79 Å². The Labute approximate surface area is 167 Å². The van der Waals surface area contributed by atoms with Gasteiger partial charge < -0.3 is 19.5 Å². The first-order valence-electron chi connectivity index (χ1n) is 9.25. The fraction of sp³-hybridized carbons (Fsp3) is 0.364. The topological polar surface area (TPSA) is 70.3 Å². The summed E-state index contributed by atoms with van der Waals surface area (Å²) in [5, 5.41) is 12.3. The lowest BCUT2D eigenvalue weighted by molar-refractivity contribution is -0.117. The van der Waals surface area contributed by atoms with Crippen LogP contribution >= 0.6 is 0 Å². The molecule has 6 heteroatoms. The summed E-state index contributed by atoms with van der Waals surface area (Å²) in [6, 6.07) is 11.8. The summed E-state index contributed by atoms with van der Waals surface area (Å²) in [6.45, 7) is 5.41. The Kier molecular flexibility index (Phi) is 7.42. The van der Waals surface area contributed by atoms with E-state index in [9.17, 15) is 10.1 Å². The highest BCUT2D eigenvalue weighted by Crippen LogP contribution is 2.24. The number of hydrogen-bond acceptors (Lipinski definition) is 4. The second kappa shape index (κ2) is 9.77.